The first-order valence-electron chi connectivity index (χ1n) is 8.36. The first-order chi connectivity index (χ1) is 12.1. The van der Waals surface area contributed by atoms with E-state index in [1.165, 1.54) is 0 Å². The Labute approximate surface area is 164 Å². The Kier molecular flexibility index (Phi) is 6.48. The molecule has 3 nitrogen and oxygen atoms in total. The van der Waals surface area contributed by atoms with Crippen molar-refractivity contribution in [3.05, 3.63) is 69.2 Å². The minimum Gasteiger partial charge on any atom is -0.454 e. The molecule has 2 aromatic rings. The first-order valence-corrected chi connectivity index (χ1v) is 9.12. The predicted octanol–water partition coefficient (Wildman–Crippen LogP) is 5.65. The van der Waals surface area contributed by atoms with Crippen molar-refractivity contribution in [2.75, 3.05) is 0 Å². The highest BCUT2D eigenvalue weighted by Gasteiger charge is 2.22. The summed E-state index contributed by atoms with van der Waals surface area (Å²) in [6.07, 6.45) is -0.969. The van der Waals surface area contributed by atoms with E-state index >= 15 is 0 Å². The third-order valence-corrected chi connectivity index (χ3v) is 4.80. The van der Waals surface area contributed by atoms with Crippen LogP contribution in [0.2, 0.25) is 10.0 Å². The fourth-order valence-electron chi connectivity index (χ4n) is 2.51. The molecule has 0 aromatic heterocycles. The van der Waals surface area contributed by atoms with Gasteiger partial charge in [-0.2, -0.15) is 0 Å². The summed E-state index contributed by atoms with van der Waals surface area (Å²) >= 11 is 12.1. The zero-order chi connectivity index (χ0) is 19.5. The molecule has 0 bridgehead atoms. The Morgan fingerprint density at radius 2 is 1.54 bits per heavy atom. The van der Waals surface area contributed by atoms with Crippen molar-refractivity contribution in [2.45, 2.75) is 45.6 Å². The van der Waals surface area contributed by atoms with Crippen LogP contribution in [0.25, 0.3) is 0 Å². The van der Waals surface area contributed by atoms with Crippen molar-refractivity contribution < 1.29 is 14.3 Å². The summed E-state index contributed by atoms with van der Waals surface area (Å²) in [5, 5.41) is 0.789. The molecule has 0 radical (unpaired) electrons. The maximum atomic E-state index is 12.5. The fourth-order valence-corrected chi connectivity index (χ4v) is 3.04. The average molecular weight is 393 g/mol. The molecule has 0 saturated carbocycles. The van der Waals surface area contributed by atoms with Gasteiger partial charge < -0.3 is 4.74 Å². The van der Waals surface area contributed by atoms with Gasteiger partial charge >= 0.3 is 5.97 Å². The zero-order valence-corrected chi connectivity index (χ0v) is 16.8. The lowest BCUT2D eigenvalue weighted by atomic mass is 9.86. The first kappa shape index (κ1) is 20.5. The van der Waals surface area contributed by atoms with E-state index in [1.807, 2.05) is 12.1 Å². The summed E-state index contributed by atoms with van der Waals surface area (Å²) in [5.74, 6) is -0.795. The minimum absolute atomic E-state index is 0.00782. The van der Waals surface area contributed by atoms with E-state index in [1.54, 1.807) is 37.3 Å². The highest BCUT2D eigenvalue weighted by Crippen LogP contribution is 2.25. The summed E-state index contributed by atoms with van der Waals surface area (Å²) in [7, 11) is 0. The van der Waals surface area contributed by atoms with Crippen LogP contribution in [0.3, 0.4) is 0 Å². The number of halogens is 2. The standard InChI is InChI=1S/C21H22Cl2O3/c1-13(20(25)14-8-10-15(11-9-14)21(2,3)4)26-19(24)12-16-17(22)6-5-7-18(16)23/h5-11,13H,12H2,1-4H3/t13-/m1/s1. The van der Waals surface area contributed by atoms with E-state index in [0.29, 0.717) is 21.2 Å². The van der Waals surface area contributed by atoms with Gasteiger partial charge in [-0.1, -0.05) is 74.3 Å². The predicted molar refractivity (Wildman–Crippen MR) is 105 cm³/mol. The molecule has 0 amide bonds. The lowest BCUT2D eigenvalue weighted by Gasteiger charge is -2.19. The number of Topliss-reactive ketones (excluding diaryl/α,β-unsaturated/α-hetero) is 1. The zero-order valence-electron chi connectivity index (χ0n) is 15.3. The smallest absolute Gasteiger partial charge is 0.311 e. The van der Waals surface area contributed by atoms with E-state index in [-0.39, 0.29) is 17.6 Å². The number of esters is 1. The van der Waals surface area contributed by atoms with Crippen molar-refractivity contribution in [2.24, 2.45) is 0 Å². The van der Waals surface area contributed by atoms with Crippen LogP contribution in [0, 0.1) is 0 Å². The number of carbonyl (C=O) groups excluding carboxylic acids is 2. The van der Waals surface area contributed by atoms with Gasteiger partial charge in [0, 0.05) is 21.2 Å². The summed E-state index contributed by atoms with van der Waals surface area (Å²) in [6.45, 7) is 7.88. The van der Waals surface area contributed by atoms with Crippen LogP contribution in [0.5, 0.6) is 0 Å². The largest absolute Gasteiger partial charge is 0.454 e. The van der Waals surface area contributed by atoms with Gasteiger partial charge in [0.1, 0.15) is 0 Å². The molecule has 0 spiro atoms. The molecule has 0 saturated heterocycles. The molecule has 2 rings (SSSR count). The number of rotatable bonds is 5. The van der Waals surface area contributed by atoms with E-state index in [0.717, 1.165) is 5.56 Å². The van der Waals surface area contributed by atoms with Gasteiger partial charge in [0.25, 0.3) is 0 Å². The lowest BCUT2D eigenvalue weighted by molar-refractivity contribution is -0.145. The van der Waals surface area contributed by atoms with Crippen LogP contribution in [0.1, 0.15) is 49.2 Å². The average Bonchev–Trinajstić information content (AvgIpc) is 2.57. The van der Waals surface area contributed by atoms with Crippen LogP contribution in [-0.4, -0.2) is 17.9 Å². The molecule has 5 heteroatoms. The highest BCUT2D eigenvalue weighted by atomic mass is 35.5. The molecule has 0 aliphatic heterocycles. The molecule has 0 fully saturated rings. The van der Waals surface area contributed by atoms with Gasteiger partial charge in [-0.3, -0.25) is 9.59 Å². The lowest BCUT2D eigenvalue weighted by Crippen LogP contribution is -2.25. The maximum Gasteiger partial charge on any atom is 0.311 e. The second-order valence-electron chi connectivity index (χ2n) is 7.20. The molecule has 0 heterocycles. The molecule has 0 aliphatic rings. The molecule has 0 N–H and O–H groups in total. The SMILES string of the molecule is C[C@@H](OC(=O)Cc1c(Cl)cccc1Cl)C(=O)c1ccc(C(C)(C)C)cc1. The van der Waals surface area contributed by atoms with Crippen molar-refractivity contribution in [1.82, 2.24) is 0 Å². The quantitative estimate of drug-likeness (QED) is 0.487. The van der Waals surface area contributed by atoms with E-state index in [2.05, 4.69) is 20.8 Å². The molecule has 0 unspecified atom stereocenters. The van der Waals surface area contributed by atoms with Gasteiger partial charge in [-0.15, -0.1) is 0 Å². The van der Waals surface area contributed by atoms with Gasteiger partial charge in [-0.25, -0.2) is 0 Å². The van der Waals surface area contributed by atoms with Crippen molar-refractivity contribution in [1.29, 1.82) is 0 Å². The number of benzene rings is 2. The second kappa shape index (κ2) is 8.24. The molecule has 2 aromatic carbocycles. The van der Waals surface area contributed by atoms with Crippen molar-refractivity contribution in [3.8, 4) is 0 Å². The van der Waals surface area contributed by atoms with Crippen LogP contribution < -0.4 is 0 Å². The summed E-state index contributed by atoms with van der Waals surface area (Å²) in [5.41, 5.74) is 2.14. The normalized spacial score (nSPS) is 12.5. The summed E-state index contributed by atoms with van der Waals surface area (Å²) < 4.78 is 5.27. The maximum absolute atomic E-state index is 12.5. The van der Waals surface area contributed by atoms with Crippen molar-refractivity contribution >= 4 is 35.0 Å². The molecular formula is C21H22Cl2O3. The third kappa shape index (κ3) is 5.09. The van der Waals surface area contributed by atoms with Gasteiger partial charge in [-0.05, 0) is 30.0 Å². The van der Waals surface area contributed by atoms with Gasteiger partial charge in [0.15, 0.2) is 6.10 Å². The molecule has 138 valence electrons. The van der Waals surface area contributed by atoms with Crippen LogP contribution in [0.4, 0.5) is 0 Å². The topological polar surface area (TPSA) is 43.4 Å². The van der Waals surface area contributed by atoms with Crippen molar-refractivity contribution in [3.63, 3.8) is 0 Å². The third-order valence-electron chi connectivity index (χ3n) is 4.10. The number of hydrogen-bond acceptors (Lipinski definition) is 3. The van der Waals surface area contributed by atoms with E-state index in [9.17, 15) is 9.59 Å². The number of carbonyl (C=O) groups is 2. The Balaban J connectivity index is 2.03. The number of ether oxygens (including phenoxy) is 1. The Hall–Kier alpha value is -1.84. The van der Waals surface area contributed by atoms with E-state index in [4.69, 9.17) is 27.9 Å². The number of ketones is 1. The van der Waals surface area contributed by atoms with Gasteiger partial charge in [0.05, 0.1) is 6.42 Å². The monoisotopic (exact) mass is 392 g/mol. The molecule has 26 heavy (non-hydrogen) atoms. The van der Waals surface area contributed by atoms with Crippen LogP contribution in [-0.2, 0) is 21.4 Å². The second-order valence-corrected chi connectivity index (χ2v) is 8.02. The molecule has 1 atom stereocenters. The summed E-state index contributed by atoms with van der Waals surface area (Å²) in [6, 6.07) is 12.4. The molecular weight excluding hydrogens is 371 g/mol. The van der Waals surface area contributed by atoms with E-state index < -0.39 is 12.1 Å². The summed E-state index contributed by atoms with van der Waals surface area (Å²) in [4.78, 5) is 24.7. The fraction of sp³-hybridized carbons (Fsp3) is 0.333. The van der Waals surface area contributed by atoms with Crippen LogP contribution in [0.15, 0.2) is 42.5 Å². The number of hydrogen-bond donors (Lipinski definition) is 0. The van der Waals surface area contributed by atoms with Crippen LogP contribution >= 0.6 is 23.2 Å². The Morgan fingerprint density at radius 3 is 2.04 bits per heavy atom. The minimum atomic E-state index is -0.885. The Morgan fingerprint density at radius 1 is 1.00 bits per heavy atom. The molecule has 0 aliphatic carbocycles. The Bertz CT molecular complexity index is 785. The van der Waals surface area contributed by atoms with Gasteiger partial charge in [0.2, 0.25) is 5.78 Å². The highest BCUT2D eigenvalue weighted by molar-refractivity contribution is 6.36.